The average molecular weight is 435 g/mol. The molecular formula is C20H19FN2O4S2. The van der Waals surface area contributed by atoms with Gasteiger partial charge in [0.2, 0.25) is 10.0 Å². The molecule has 0 aliphatic heterocycles. The Balaban J connectivity index is 1.54. The molecule has 0 radical (unpaired) electrons. The average Bonchev–Trinajstić information content (AvgIpc) is 3.24. The van der Waals surface area contributed by atoms with Crippen molar-refractivity contribution in [3.8, 4) is 5.75 Å². The zero-order chi connectivity index (χ0) is 20.7. The summed E-state index contributed by atoms with van der Waals surface area (Å²) in [5.74, 6) is -0.468. The fourth-order valence-electron chi connectivity index (χ4n) is 2.46. The lowest BCUT2D eigenvalue weighted by molar-refractivity contribution is 0.0946. The van der Waals surface area contributed by atoms with E-state index in [0.717, 1.165) is 4.88 Å². The molecule has 0 bridgehead atoms. The number of ether oxygens (including phenoxy) is 1. The summed E-state index contributed by atoms with van der Waals surface area (Å²) in [6.45, 7) is 0.520. The highest BCUT2D eigenvalue weighted by molar-refractivity contribution is 7.89. The van der Waals surface area contributed by atoms with Crippen LogP contribution in [0.3, 0.4) is 0 Å². The summed E-state index contributed by atoms with van der Waals surface area (Å²) in [5, 5.41) is 4.51. The molecule has 0 atom stereocenters. The number of hydrogen-bond acceptors (Lipinski definition) is 5. The van der Waals surface area contributed by atoms with Crippen LogP contribution < -0.4 is 14.8 Å². The Kier molecular flexibility index (Phi) is 6.97. The topological polar surface area (TPSA) is 84.5 Å². The van der Waals surface area contributed by atoms with Crippen LogP contribution in [-0.4, -0.2) is 27.5 Å². The van der Waals surface area contributed by atoms with E-state index in [9.17, 15) is 17.6 Å². The number of carbonyl (C=O) groups is 1. The van der Waals surface area contributed by atoms with E-state index in [2.05, 4.69) is 10.0 Å². The zero-order valence-corrected chi connectivity index (χ0v) is 16.9. The number of halogens is 1. The van der Waals surface area contributed by atoms with Gasteiger partial charge in [-0.2, -0.15) is 0 Å². The molecule has 9 heteroatoms. The molecule has 0 fully saturated rings. The van der Waals surface area contributed by atoms with Crippen molar-refractivity contribution in [2.45, 2.75) is 11.4 Å². The predicted octanol–water partition coefficient (Wildman–Crippen LogP) is 3.17. The van der Waals surface area contributed by atoms with Gasteiger partial charge in [0.1, 0.15) is 18.2 Å². The van der Waals surface area contributed by atoms with Crippen molar-refractivity contribution in [3.63, 3.8) is 0 Å². The normalized spacial score (nSPS) is 11.2. The number of nitrogens with one attached hydrogen (secondary N) is 2. The Morgan fingerprint density at radius 3 is 2.66 bits per heavy atom. The molecule has 0 aliphatic carbocycles. The molecule has 1 amide bonds. The van der Waals surface area contributed by atoms with Gasteiger partial charge in [0, 0.05) is 23.1 Å². The Hall–Kier alpha value is -2.75. The van der Waals surface area contributed by atoms with E-state index in [1.165, 1.54) is 53.8 Å². The van der Waals surface area contributed by atoms with Gasteiger partial charge in [-0.15, -0.1) is 11.3 Å². The number of amides is 1. The lowest BCUT2D eigenvalue weighted by Gasteiger charge is -2.09. The molecule has 152 valence electrons. The predicted molar refractivity (Wildman–Crippen MR) is 109 cm³/mol. The molecule has 2 aromatic carbocycles. The first-order chi connectivity index (χ1) is 13.9. The first kappa shape index (κ1) is 21.0. The van der Waals surface area contributed by atoms with E-state index in [0.29, 0.717) is 5.75 Å². The van der Waals surface area contributed by atoms with Crippen molar-refractivity contribution < 1.29 is 22.3 Å². The molecular weight excluding hydrogens is 415 g/mol. The number of rotatable bonds is 9. The van der Waals surface area contributed by atoms with Crippen LogP contribution in [0.25, 0.3) is 0 Å². The second-order valence-corrected chi connectivity index (χ2v) is 8.79. The van der Waals surface area contributed by atoms with E-state index in [1.54, 1.807) is 6.07 Å². The maximum Gasteiger partial charge on any atom is 0.251 e. The number of benzene rings is 2. The van der Waals surface area contributed by atoms with Gasteiger partial charge in [-0.05, 0) is 41.8 Å². The van der Waals surface area contributed by atoms with Crippen LogP contribution in [0.1, 0.15) is 15.2 Å². The van der Waals surface area contributed by atoms with Gasteiger partial charge in [0.15, 0.2) is 0 Å². The van der Waals surface area contributed by atoms with Gasteiger partial charge >= 0.3 is 0 Å². The highest BCUT2D eigenvalue weighted by Crippen LogP contribution is 2.14. The highest BCUT2D eigenvalue weighted by Gasteiger charge is 2.16. The third kappa shape index (κ3) is 6.11. The zero-order valence-electron chi connectivity index (χ0n) is 15.3. The van der Waals surface area contributed by atoms with Crippen LogP contribution in [0.2, 0.25) is 0 Å². The molecule has 3 aromatic rings. The summed E-state index contributed by atoms with van der Waals surface area (Å²) in [6.07, 6.45) is 0. The molecule has 0 saturated carbocycles. The largest absolute Gasteiger partial charge is 0.492 e. The lowest BCUT2D eigenvalue weighted by Crippen LogP contribution is -2.28. The van der Waals surface area contributed by atoms with Crippen LogP contribution in [0.5, 0.6) is 5.75 Å². The summed E-state index contributed by atoms with van der Waals surface area (Å²) < 4.78 is 45.9. The van der Waals surface area contributed by atoms with Crippen LogP contribution >= 0.6 is 11.3 Å². The first-order valence-electron chi connectivity index (χ1n) is 8.73. The van der Waals surface area contributed by atoms with E-state index in [1.807, 2.05) is 17.5 Å². The minimum atomic E-state index is -3.74. The number of hydrogen-bond donors (Lipinski definition) is 2. The van der Waals surface area contributed by atoms with E-state index < -0.39 is 21.7 Å². The molecule has 29 heavy (non-hydrogen) atoms. The van der Waals surface area contributed by atoms with Crippen molar-refractivity contribution in [3.05, 3.63) is 82.3 Å². The van der Waals surface area contributed by atoms with Gasteiger partial charge in [-0.25, -0.2) is 17.5 Å². The van der Waals surface area contributed by atoms with Gasteiger partial charge in [-0.3, -0.25) is 4.79 Å². The second-order valence-electron chi connectivity index (χ2n) is 5.99. The molecule has 1 aromatic heterocycles. The minimum Gasteiger partial charge on any atom is -0.492 e. The Labute approximate surface area is 172 Å². The van der Waals surface area contributed by atoms with Gasteiger partial charge in [-0.1, -0.05) is 18.2 Å². The molecule has 0 aliphatic rings. The third-order valence-electron chi connectivity index (χ3n) is 3.88. The maximum absolute atomic E-state index is 13.1. The molecule has 2 N–H and O–H groups in total. The summed E-state index contributed by atoms with van der Waals surface area (Å²) >= 11 is 1.45. The monoisotopic (exact) mass is 434 g/mol. The van der Waals surface area contributed by atoms with Crippen LogP contribution in [0.15, 0.2) is 70.9 Å². The number of sulfonamides is 1. The van der Waals surface area contributed by atoms with Gasteiger partial charge in [0.25, 0.3) is 5.91 Å². The van der Waals surface area contributed by atoms with Crippen LogP contribution in [0, 0.1) is 5.82 Å². The van der Waals surface area contributed by atoms with E-state index >= 15 is 0 Å². The van der Waals surface area contributed by atoms with Gasteiger partial charge < -0.3 is 10.1 Å². The van der Waals surface area contributed by atoms with Crippen molar-refractivity contribution in [1.29, 1.82) is 0 Å². The lowest BCUT2D eigenvalue weighted by atomic mass is 10.2. The Bertz CT molecular complexity index is 1070. The standard InChI is InChI=1S/C20H19FN2O4S2/c21-16-5-2-6-17(13-16)27-10-9-22-20(24)15-4-1-8-19(12-15)29(25,26)23-14-18-7-3-11-28-18/h1-8,11-13,23H,9-10,14H2,(H,22,24). The van der Waals surface area contributed by atoms with Crippen molar-refractivity contribution >= 4 is 27.3 Å². The van der Waals surface area contributed by atoms with Gasteiger partial charge in [0.05, 0.1) is 11.4 Å². The van der Waals surface area contributed by atoms with Crippen LogP contribution in [0.4, 0.5) is 4.39 Å². The van der Waals surface area contributed by atoms with Crippen molar-refractivity contribution in [1.82, 2.24) is 10.0 Å². The van der Waals surface area contributed by atoms with E-state index in [4.69, 9.17) is 4.74 Å². The minimum absolute atomic E-state index is 0.0118. The molecule has 0 unspecified atom stereocenters. The van der Waals surface area contributed by atoms with Crippen molar-refractivity contribution in [2.75, 3.05) is 13.2 Å². The summed E-state index contributed by atoms with van der Waals surface area (Å²) in [6, 6.07) is 15.2. The molecule has 0 spiro atoms. The Morgan fingerprint density at radius 2 is 1.90 bits per heavy atom. The Morgan fingerprint density at radius 1 is 1.07 bits per heavy atom. The molecule has 1 heterocycles. The molecule has 0 saturated heterocycles. The van der Waals surface area contributed by atoms with Crippen molar-refractivity contribution in [2.24, 2.45) is 0 Å². The molecule has 3 rings (SSSR count). The maximum atomic E-state index is 13.1. The summed E-state index contributed by atoms with van der Waals surface area (Å²) in [7, 11) is -3.74. The quantitative estimate of drug-likeness (QED) is 0.507. The summed E-state index contributed by atoms with van der Waals surface area (Å²) in [4.78, 5) is 13.2. The second kappa shape index (κ2) is 9.64. The third-order valence-corrected chi connectivity index (χ3v) is 6.15. The smallest absolute Gasteiger partial charge is 0.251 e. The first-order valence-corrected chi connectivity index (χ1v) is 11.1. The fourth-order valence-corrected chi connectivity index (χ4v) is 4.25. The number of carbonyl (C=O) groups excluding carboxylic acids is 1. The SMILES string of the molecule is O=C(NCCOc1cccc(F)c1)c1cccc(S(=O)(=O)NCc2cccs2)c1. The van der Waals surface area contributed by atoms with Crippen LogP contribution in [-0.2, 0) is 16.6 Å². The molecule has 6 nitrogen and oxygen atoms in total. The fraction of sp³-hybridized carbons (Fsp3) is 0.150. The summed E-state index contributed by atoms with van der Waals surface area (Å²) in [5.41, 5.74) is 0.217. The highest BCUT2D eigenvalue weighted by atomic mass is 32.2. The van der Waals surface area contributed by atoms with E-state index in [-0.39, 0.29) is 30.2 Å². The number of thiophene rings is 1.